The quantitative estimate of drug-likeness (QED) is 0.730. The van der Waals surface area contributed by atoms with Crippen LogP contribution in [0.25, 0.3) is 0 Å². The third-order valence-corrected chi connectivity index (χ3v) is 3.71. The van der Waals surface area contributed by atoms with Crippen molar-refractivity contribution in [2.24, 2.45) is 0 Å². The van der Waals surface area contributed by atoms with Crippen molar-refractivity contribution in [1.29, 1.82) is 0 Å². The zero-order valence-electron chi connectivity index (χ0n) is 15.4. The lowest BCUT2D eigenvalue weighted by Gasteiger charge is -2.14. The van der Waals surface area contributed by atoms with Crippen LogP contribution in [-0.4, -0.2) is 37.5 Å². The van der Waals surface area contributed by atoms with E-state index >= 15 is 0 Å². The number of rotatable bonds is 7. The third-order valence-electron chi connectivity index (χ3n) is 3.71. The highest BCUT2D eigenvalue weighted by Crippen LogP contribution is 2.11. The van der Waals surface area contributed by atoms with Crippen LogP contribution in [0.2, 0.25) is 0 Å². The number of hydrogen-bond acceptors (Lipinski definition) is 5. The Labute approximate surface area is 157 Å². The minimum Gasteiger partial charge on any atom is -0.497 e. The second-order valence-electron chi connectivity index (χ2n) is 5.90. The fraction of sp³-hybridized carbons (Fsp3) is 0.250. The highest BCUT2D eigenvalue weighted by atomic mass is 16.5. The first-order valence-electron chi connectivity index (χ1n) is 8.38. The number of aryl methyl sites for hydroxylation is 1. The van der Waals surface area contributed by atoms with Gasteiger partial charge in [-0.2, -0.15) is 0 Å². The largest absolute Gasteiger partial charge is 0.497 e. The molecule has 0 radical (unpaired) electrons. The first kappa shape index (κ1) is 20.0. The summed E-state index contributed by atoms with van der Waals surface area (Å²) >= 11 is 0. The van der Waals surface area contributed by atoms with Crippen molar-refractivity contribution >= 4 is 23.5 Å². The molecule has 0 heterocycles. The van der Waals surface area contributed by atoms with E-state index in [4.69, 9.17) is 9.47 Å². The first-order valence-corrected chi connectivity index (χ1v) is 8.38. The van der Waals surface area contributed by atoms with Gasteiger partial charge in [-0.25, -0.2) is 0 Å². The summed E-state index contributed by atoms with van der Waals surface area (Å²) in [5.41, 5.74) is 2.00. The monoisotopic (exact) mass is 370 g/mol. The molecule has 0 aliphatic carbocycles. The fourth-order valence-corrected chi connectivity index (χ4v) is 2.26. The number of carbonyl (C=O) groups excluding carboxylic acids is 3. The van der Waals surface area contributed by atoms with Crippen molar-refractivity contribution in [2.75, 3.05) is 19.0 Å². The van der Waals surface area contributed by atoms with Gasteiger partial charge in [-0.15, -0.1) is 0 Å². The van der Waals surface area contributed by atoms with Crippen molar-refractivity contribution in [3.8, 4) is 5.75 Å². The molecule has 7 nitrogen and oxygen atoms in total. The number of ether oxygens (including phenoxy) is 2. The summed E-state index contributed by atoms with van der Waals surface area (Å²) in [6, 6.07) is 13.7. The molecule has 0 unspecified atom stereocenters. The number of nitrogens with one attached hydrogen (secondary N) is 2. The number of benzene rings is 2. The highest BCUT2D eigenvalue weighted by molar-refractivity contribution is 5.97. The van der Waals surface area contributed by atoms with Crippen LogP contribution in [0.3, 0.4) is 0 Å². The van der Waals surface area contributed by atoms with E-state index in [-0.39, 0.29) is 6.54 Å². The highest BCUT2D eigenvalue weighted by Gasteiger charge is 2.18. The molecule has 2 aromatic carbocycles. The lowest BCUT2D eigenvalue weighted by Crippen LogP contribution is -2.35. The Morgan fingerprint density at radius 2 is 1.78 bits per heavy atom. The molecule has 0 spiro atoms. The maximum atomic E-state index is 12.1. The molecule has 0 aromatic heterocycles. The Morgan fingerprint density at radius 1 is 1.07 bits per heavy atom. The van der Waals surface area contributed by atoms with E-state index in [2.05, 4.69) is 10.6 Å². The molecule has 2 amide bonds. The molecular formula is C20H22N2O5. The molecule has 0 saturated heterocycles. The van der Waals surface area contributed by atoms with E-state index in [9.17, 15) is 14.4 Å². The first-order chi connectivity index (χ1) is 12.9. The van der Waals surface area contributed by atoms with Gasteiger partial charge in [0.15, 0.2) is 6.10 Å². The zero-order chi connectivity index (χ0) is 19.8. The smallest absolute Gasteiger partial charge is 0.326 e. The summed E-state index contributed by atoms with van der Waals surface area (Å²) < 4.78 is 10.1. The summed E-state index contributed by atoms with van der Waals surface area (Å²) in [5.74, 6) is -0.954. The molecule has 1 atom stereocenters. The molecule has 0 saturated carbocycles. The number of carbonyl (C=O) groups is 3. The molecular weight excluding hydrogens is 348 g/mol. The Kier molecular flexibility index (Phi) is 6.93. The summed E-state index contributed by atoms with van der Waals surface area (Å²) in [6.07, 6.45) is -0.990. The Balaban J connectivity index is 1.79. The second kappa shape index (κ2) is 9.38. The predicted molar refractivity (Wildman–Crippen MR) is 101 cm³/mol. The van der Waals surface area contributed by atoms with Crippen molar-refractivity contribution < 1.29 is 23.9 Å². The molecule has 2 aromatic rings. The van der Waals surface area contributed by atoms with Crippen molar-refractivity contribution in [3.63, 3.8) is 0 Å². The minimum atomic E-state index is -0.990. The Bertz CT molecular complexity index is 817. The lowest BCUT2D eigenvalue weighted by atomic mass is 10.2. The van der Waals surface area contributed by atoms with Gasteiger partial charge in [0.2, 0.25) is 0 Å². The molecule has 0 aliphatic rings. The average molecular weight is 370 g/mol. The molecule has 142 valence electrons. The molecule has 27 heavy (non-hydrogen) atoms. The van der Waals surface area contributed by atoms with Gasteiger partial charge in [0.25, 0.3) is 11.8 Å². The predicted octanol–water partition coefficient (Wildman–Crippen LogP) is 2.30. The normalized spacial score (nSPS) is 11.2. The maximum Gasteiger partial charge on any atom is 0.326 e. The number of anilines is 1. The Morgan fingerprint density at radius 3 is 2.41 bits per heavy atom. The van der Waals surface area contributed by atoms with Gasteiger partial charge in [0.05, 0.1) is 7.11 Å². The fourth-order valence-electron chi connectivity index (χ4n) is 2.26. The minimum absolute atomic E-state index is 0.340. The number of methoxy groups -OCH3 is 1. The van der Waals surface area contributed by atoms with Gasteiger partial charge in [-0.3, -0.25) is 14.4 Å². The van der Waals surface area contributed by atoms with Gasteiger partial charge in [0, 0.05) is 11.3 Å². The second-order valence-corrected chi connectivity index (χ2v) is 5.90. The van der Waals surface area contributed by atoms with Crippen molar-refractivity contribution in [1.82, 2.24) is 5.32 Å². The average Bonchev–Trinajstić information content (AvgIpc) is 2.66. The van der Waals surface area contributed by atoms with Crippen LogP contribution in [0.15, 0.2) is 48.5 Å². The molecule has 2 N–H and O–H groups in total. The lowest BCUT2D eigenvalue weighted by molar-refractivity contribution is -0.152. The van der Waals surface area contributed by atoms with Gasteiger partial charge in [-0.05, 0) is 55.8 Å². The van der Waals surface area contributed by atoms with Crippen LogP contribution in [0, 0.1) is 6.92 Å². The zero-order valence-corrected chi connectivity index (χ0v) is 15.4. The summed E-state index contributed by atoms with van der Waals surface area (Å²) in [4.78, 5) is 36.0. The van der Waals surface area contributed by atoms with Gasteiger partial charge < -0.3 is 20.1 Å². The van der Waals surface area contributed by atoms with Crippen LogP contribution < -0.4 is 15.4 Å². The number of amides is 2. The number of hydrogen-bond donors (Lipinski definition) is 2. The van der Waals surface area contributed by atoms with Crippen molar-refractivity contribution in [2.45, 2.75) is 20.0 Å². The topological polar surface area (TPSA) is 93.7 Å². The van der Waals surface area contributed by atoms with Crippen LogP contribution in [0.5, 0.6) is 5.75 Å². The van der Waals surface area contributed by atoms with E-state index in [0.29, 0.717) is 17.0 Å². The van der Waals surface area contributed by atoms with Crippen LogP contribution in [-0.2, 0) is 14.3 Å². The molecule has 2 rings (SSSR count). The van der Waals surface area contributed by atoms with E-state index in [1.165, 1.54) is 14.0 Å². The van der Waals surface area contributed by atoms with E-state index in [1.54, 1.807) is 30.3 Å². The van der Waals surface area contributed by atoms with E-state index in [0.717, 1.165) is 5.56 Å². The van der Waals surface area contributed by atoms with Crippen LogP contribution in [0.4, 0.5) is 5.69 Å². The summed E-state index contributed by atoms with van der Waals surface area (Å²) in [6.45, 7) is 3.03. The standard InChI is InChI=1S/C20H22N2O5/c1-13-5-4-6-16(11-13)22-19(24)14(2)27-18(23)12-21-20(25)15-7-9-17(26-3)10-8-15/h4-11,14H,12H2,1-3H3,(H,21,25)(H,22,24)/t14-/m0/s1. The summed E-state index contributed by atoms with van der Waals surface area (Å²) in [7, 11) is 1.53. The van der Waals surface area contributed by atoms with Gasteiger partial charge >= 0.3 is 5.97 Å². The van der Waals surface area contributed by atoms with E-state index in [1.807, 2.05) is 25.1 Å². The Hall–Kier alpha value is -3.35. The van der Waals surface area contributed by atoms with E-state index < -0.39 is 23.9 Å². The number of esters is 1. The molecule has 0 bridgehead atoms. The molecule has 7 heteroatoms. The SMILES string of the molecule is COc1ccc(C(=O)NCC(=O)O[C@@H](C)C(=O)Nc2cccc(C)c2)cc1. The maximum absolute atomic E-state index is 12.1. The summed E-state index contributed by atoms with van der Waals surface area (Å²) in [5, 5.41) is 5.13. The molecule has 0 aliphatic heterocycles. The van der Waals surface area contributed by atoms with Crippen LogP contribution >= 0.6 is 0 Å². The third kappa shape index (κ3) is 6.14. The molecule has 0 fully saturated rings. The van der Waals surface area contributed by atoms with Crippen molar-refractivity contribution in [3.05, 3.63) is 59.7 Å². The van der Waals surface area contributed by atoms with Crippen LogP contribution in [0.1, 0.15) is 22.8 Å². The van der Waals surface area contributed by atoms with Gasteiger partial charge in [0.1, 0.15) is 12.3 Å². The van der Waals surface area contributed by atoms with Gasteiger partial charge in [-0.1, -0.05) is 12.1 Å².